The summed E-state index contributed by atoms with van der Waals surface area (Å²) in [7, 11) is 0. The van der Waals surface area contributed by atoms with Crippen LogP contribution in [0.5, 0.6) is 0 Å². The molecule has 2 heterocycles. The molecule has 3 unspecified atom stereocenters. The fourth-order valence-corrected chi connectivity index (χ4v) is 3.31. The van der Waals surface area contributed by atoms with E-state index in [4.69, 9.17) is 4.74 Å². The van der Waals surface area contributed by atoms with Gasteiger partial charge in [-0.2, -0.15) is 0 Å². The van der Waals surface area contributed by atoms with Gasteiger partial charge >= 0.3 is 0 Å². The predicted octanol–water partition coefficient (Wildman–Crippen LogP) is 0.538. The van der Waals surface area contributed by atoms with Gasteiger partial charge in [-0.15, -0.1) is 0 Å². The van der Waals surface area contributed by atoms with Crippen LogP contribution in [0.2, 0.25) is 0 Å². The number of amides is 2. The molecule has 3 aliphatic rings. The molecule has 0 bridgehead atoms. The summed E-state index contributed by atoms with van der Waals surface area (Å²) in [5.74, 6) is 0.772. The Hall–Kier alpha value is -1.10. The number of carbonyl (C=O) groups excluding carboxylic acids is 2. The molecule has 1 saturated carbocycles. The van der Waals surface area contributed by atoms with Crippen LogP contribution in [-0.4, -0.2) is 48.1 Å². The van der Waals surface area contributed by atoms with Gasteiger partial charge in [0.1, 0.15) is 11.6 Å². The zero-order chi connectivity index (χ0) is 13.6. The minimum atomic E-state index is -0.647. The van der Waals surface area contributed by atoms with E-state index in [2.05, 4.69) is 5.32 Å². The smallest absolute Gasteiger partial charge is 0.246 e. The molecule has 0 aromatic heterocycles. The van der Waals surface area contributed by atoms with Gasteiger partial charge in [0, 0.05) is 19.1 Å². The normalized spacial score (nSPS) is 39.6. The van der Waals surface area contributed by atoms with E-state index in [0.717, 1.165) is 25.9 Å². The molecule has 1 N–H and O–H groups in total. The van der Waals surface area contributed by atoms with Crippen molar-refractivity contribution in [2.24, 2.45) is 11.8 Å². The molecule has 5 nitrogen and oxygen atoms in total. The number of hydrogen-bond donors (Lipinski definition) is 1. The molecule has 0 aromatic carbocycles. The Morgan fingerprint density at radius 3 is 2.68 bits per heavy atom. The number of carbonyl (C=O) groups is 2. The van der Waals surface area contributed by atoms with E-state index in [-0.39, 0.29) is 11.8 Å². The lowest BCUT2D eigenvalue weighted by Crippen LogP contribution is -2.70. The molecule has 2 amide bonds. The summed E-state index contributed by atoms with van der Waals surface area (Å²) in [5.41, 5.74) is -0.647. The Labute approximate surface area is 113 Å². The van der Waals surface area contributed by atoms with Crippen molar-refractivity contribution in [1.82, 2.24) is 10.2 Å². The lowest BCUT2D eigenvalue weighted by atomic mass is 9.87. The zero-order valence-electron chi connectivity index (χ0n) is 11.6. The standard InChI is InChI=1S/C14H22N2O3/c1-9-12(17)16(7-10-5-6-19-8-10)14(2,11-3-4-11)13(18)15-9/h9-11H,3-8H2,1-2H3,(H,15,18). The Morgan fingerprint density at radius 1 is 1.37 bits per heavy atom. The lowest BCUT2D eigenvalue weighted by Gasteiger charge is -2.47. The van der Waals surface area contributed by atoms with Crippen molar-refractivity contribution in [2.45, 2.75) is 44.7 Å². The van der Waals surface area contributed by atoms with Crippen molar-refractivity contribution >= 4 is 11.8 Å². The van der Waals surface area contributed by atoms with Crippen LogP contribution in [0.1, 0.15) is 33.1 Å². The number of rotatable bonds is 3. The van der Waals surface area contributed by atoms with Crippen LogP contribution in [0, 0.1) is 11.8 Å². The van der Waals surface area contributed by atoms with Crippen molar-refractivity contribution in [3.05, 3.63) is 0 Å². The van der Waals surface area contributed by atoms with E-state index in [1.165, 1.54) is 0 Å². The second-order valence-electron chi connectivity index (χ2n) is 6.30. The topological polar surface area (TPSA) is 58.6 Å². The van der Waals surface area contributed by atoms with E-state index in [1.54, 1.807) is 6.92 Å². The molecule has 5 heteroatoms. The second-order valence-corrected chi connectivity index (χ2v) is 6.30. The maximum atomic E-state index is 12.5. The zero-order valence-corrected chi connectivity index (χ0v) is 11.6. The van der Waals surface area contributed by atoms with Crippen LogP contribution in [0.4, 0.5) is 0 Å². The summed E-state index contributed by atoms with van der Waals surface area (Å²) >= 11 is 0. The number of nitrogens with zero attached hydrogens (tertiary/aromatic N) is 1. The Morgan fingerprint density at radius 2 is 2.11 bits per heavy atom. The van der Waals surface area contributed by atoms with E-state index in [9.17, 15) is 9.59 Å². The summed E-state index contributed by atoms with van der Waals surface area (Å²) in [6.07, 6.45) is 3.08. The SMILES string of the molecule is CC1NC(=O)C(C)(C2CC2)N(CC2CCOC2)C1=O. The summed E-state index contributed by atoms with van der Waals surface area (Å²) in [6, 6.07) is -0.401. The first-order chi connectivity index (χ1) is 9.03. The molecule has 0 spiro atoms. The van der Waals surface area contributed by atoms with Gasteiger partial charge in [-0.25, -0.2) is 0 Å². The first kappa shape index (κ1) is 12.9. The van der Waals surface area contributed by atoms with Crippen LogP contribution in [0.25, 0.3) is 0 Å². The summed E-state index contributed by atoms with van der Waals surface area (Å²) < 4.78 is 5.39. The van der Waals surface area contributed by atoms with Crippen LogP contribution < -0.4 is 5.32 Å². The van der Waals surface area contributed by atoms with Crippen LogP contribution in [0.3, 0.4) is 0 Å². The van der Waals surface area contributed by atoms with E-state index in [1.807, 2.05) is 11.8 Å². The summed E-state index contributed by atoms with van der Waals surface area (Å²) in [6.45, 7) is 5.84. The van der Waals surface area contributed by atoms with Gasteiger partial charge < -0.3 is 15.0 Å². The summed E-state index contributed by atoms with van der Waals surface area (Å²) in [4.78, 5) is 26.7. The number of hydrogen-bond acceptors (Lipinski definition) is 3. The molecule has 19 heavy (non-hydrogen) atoms. The first-order valence-corrected chi connectivity index (χ1v) is 7.23. The Kier molecular flexibility index (Phi) is 3.04. The molecular formula is C14H22N2O3. The molecule has 2 saturated heterocycles. The molecular weight excluding hydrogens is 244 g/mol. The van der Waals surface area contributed by atoms with Crippen molar-refractivity contribution in [1.29, 1.82) is 0 Å². The predicted molar refractivity (Wildman–Crippen MR) is 69.4 cm³/mol. The van der Waals surface area contributed by atoms with Crippen molar-refractivity contribution in [2.75, 3.05) is 19.8 Å². The van der Waals surface area contributed by atoms with Crippen molar-refractivity contribution in [3.8, 4) is 0 Å². The minimum absolute atomic E-state index is 0.0148. The monoisotopic (exact) mass is 266 g/mol. The first-order valence-electron chi connectivity index (χ1n) is 7.23. The molecule has 3 rings (SSSR count). The quantitative estimate of drug-likeness (QED) is 0.811. The fraction of sp³-hybridized carbons (Fsp3) is 0.857. The van der Waals surface area contributed by atoms with E-state index < -0.39 is 11.6 Å². The van der Waals surface area contributed by atoms with E-state index in [0.29, 0.717) is 25.0 Å². The van der Waals surface area contributed by atoms with Crippen LogP contribution in [0.15, 0.2) is 0 Å². The van der Waals surface area contributed by atoms with Crippen molar-refractivity contribution < 1.29 is 14.3 Å². The third-order valence-corrected chi connectivity index (χ3v) is 4.84. The Bertz CT molecular complexity index is 401. The fourth-order valence-electron chi connectivity index (χ4n) is 3.31. The lowest BCUT2D eigenvalue weighted by molar-refractivity contribution is -0.158. The molecule has 0 radical (unpaired) electrons. The molecule has 1 aliphatic carbocycles. The molecule has 2 aliphatic heterocycles. The van der Waals surface area contributed by atoms with Gasteiger partial charge in [0.05, 0.1) is 6.61 Å². The van der Waals surface area contributed by atoms with Gasteiger partial charge in [0.25, 0.3) is 0 Å². The van der Waals surface area contributed by atoms with Crippen LogP contribution in [-0.2, 0) is 14.3 Å². The second kappa shape index (κ2) is 4.47. The number of piperazine rings is 1. The number of nitrogens with one attached hydrogen (secondary N) is 1. The maximum Gasteiger partial charge on any atom is 0.246 e. The van der Waals surface area contributed by atoms with E-state index >= 15 is 0 Å². The molecule has 0 aromatic rings. The average molecular weight is 266 g/mol. The largest absolute Gasteiger partial charge is 0.381 e. The van der Waals surface area contributed by atoms with Gasteiger partial charge in [0.15, 0.2) is 0 Å². The Balaban J connectivity index is 1.85. The highest BCUT2D eigenvalue weighted by atomic mass is 16.5. The highest BCUT2D eigenvalue weighted by molar-refractivity contribution is 5.99. The van der Waals surface area contributed by atoms with Gasteiger partial charge in [-0.1, -0.05) is 0 Å². The minimum Gasteiger partial charge on any atom is -0.381 e. The van der Waals surface area contributed by atoms with Gasteiger partial charge in [-0.05, 0) is 39.0 Å². The van der Waals surface area contributed by atoms with Crippen LogP contribution >= 0.6 is 0 Å². The summed E-state index contributed by atoms with van der Waals surface area (Å²) in [5, 5.41) is 2.83. The molecule has 106 valence electrons. The van der Waals surface area contributed by atoms with Gasteiger partial charge in [0.2, 0.25) is 11.8 Å². The third kappa shape index (κ3) is 2.04. The average Bonchev–Trinajstić information content (AvgIpc) is 3.11. The molecule has 3 atom stereocenters. The third-order valence-electron chi connectivity index (χ3n) is 4.84. The highest BCUT2D eigenvalue weighted by Crippen LogP contribution is 2.45. The van der Waals surface area contributed by atoms with Crippen molar-refractivity contribution in [3.63, 3.8) is 0 Å². The number of ether oxygens (including phenoxy) is 1. The molecule has 3 fully saturated rings. The van der Waals surface area contributed by atoms with Gasteiger partial charge in [-0.3, -0.25) is 9.59 Å². The highest BCUT2D eigenvalue weighted by Gasteiger charge is 2.56. The maximum absolute atomic E-state index is 12.5.